The van der Waals surface area contributed by atoms with Gasteiger partial charge in [-0.25, -0.2) is 9.50 Å². The summed E-state index contributed by atoms with van der Waals surface area (Å²) < 4.78 is 7.14. The number of amides is 1. The largest absolute Gasteiger partial charge is 0.380 e. The number of hydrogen-bond donors (Lipinski definition) is 2. The number of nitrogens with one attached hydrogen (secondary N) is 2. The monoisotopic (exact) mass is 371 g/mol. The molecule has 2 saturated heterocycles. The van der Waals surface area contributed by atoms with Gasteiger partial charge in [0.15, 0.2) is 5.65 Å². The average molecular weight is 371 g/mol. The number of hydrogen-bond acceptors (Lipinski definition) is 5. The van der Waals surface area contributed by atoms with Gasteiger partial charge in [0.05, 0.1) is 24.3 Å². The molecule has 8 nitrogen and oxygen atoms in total. The lowest BCUT2D eigenvalue weighted by molar-refractivity contribution is -0.133. The molecule has 1 aliphatic carbocycles. The summed E-state index contributed by atoms with van der Waals surface area (Å²) >= 11 is 0. The third-order valence-corrected chi connectivity index (χ3v) is 6.35. The molecule has 8 heteroatoms. The molecule has 2 aliphatic heterocycles. The van der Waals surface area contributed by atoms with Crippen LogP contribution in [-0.4, -0.2) is 57.8 Å². The van der Waals surface area contributed by atoms with Crippen LogP contribution in [0.4, 0.5) is 0 Å². The van der Waals surface area contributed by atoms with E-state index >= 15 is 0 Å². The van der Waals surface area contributed by atoms with Crippen molar-refractivity contribution in [1.82, 2.24) is 24.8 Å². The molecule has 1 amide bonds. The van der Waals surface area contributed by atoms with E-state index in [2.05, 4.69) is 20.3 Å². The molecule has 2 aromatic heterocycles. The Morgan fingerprint density at radius 3 is 3.07 bits per heavy atom. The summed E-state index contributed by atoms with van der Waals surface area (Å²) in [5.74, 6) is 0.346. The minimum Gasteiger partial charge on any atom is -0.380 e. The summed E-state index contributed by atoms with van der Waals surface area (Å²) in [7, 11) is 0. The van der Waals surface area contributed by atoms with Crippen LogP contribution in [0.2, 0.25) is 0 Å². The fraction of sp³-hybridized carbons (Fsp3) is 0.632. The van der Waals surface area contributed by atoms with E-state index in [4.69, 9.17) is 4.74 Å². The van der Waals surface area contributed by atoms with Crippen molar-refractivity contribution in [3.05, 3.63) is 33.9 Å². The van der Waals surface area contributed by atoms with Crippen molar-refractivity contribution in [2.45, 2.75) is 38.8 Å². The highest BCUT2D eigenvalue weighted by Crippen LogP contribution is 2.42. The molecule has 27 heavy (non-hydrogen) atoms. The molecule has 3 aliphatic rings. The molecule has 0 radical (unpaired) electrons. The van der Waals surface area contributed by atoms with Gasteiger partial charge in [-0.3, -0.25) is 19.6 Å². The van der Waals surface area contributed by atoms with Gasteiger partial charge < -0.3 is 10.1 Å². The first-order valence-electron chi connectivity index (χ1n) is 9.73. The third kappa shape index (κ3) is 2.78. The van der Waals surface area contributed by atoms with Crippen molar-refractivity contribution in [2.75, 3.05) is 26.3 Å². The third-order valence-electron chi connectivity index (χ3n) is 6.35. The first-order valence-corrected chi connectivity index (χ1v) is 9.73. The Morgan fingerprint density at radius 1 is 1.44 bits per heavy atom. The Hall–Kier alpha value is -2.19. The number of ether oxygens (including phenoxy) is 1. The van der Waals surface area contributed by atoms with Crippen molar-refractivity contribution in [1.29, 1.82) is 0 Å². The summed E-state index contributed by atoms with van der Waals surface area (Å²) in [6.45, 7) is 5.04. The van der Waals surface area contributed by atoms with E-state index in [1.54, 1.807) is 6.07 Å². The van der Waals surface area contributed by atoms with Gasteiger partial charge in [0, 0.05) is 49.4 Å². The maximum absolute atomic E-state index is 13.0. The molecule has 1 saturated carbocycles. The van der Waals surface area contributed by atoms with Crippen LogP contribution in [0.15, 0.2) is 16.9 Å². The Labute approximate surface area is 156 Å². The molecular weight excluding hydrogens is 346 g/mol. The highest BCUT2D eigenvalue weighted by atomic mass is 16.5. The van der Waals surface area contributed by atoms with Gasteiger partial charge in [-0.2, -0.15) is 0 Å². The van der Waals surface area contributed by atoms with Crippen LogP contribution >= 0.6 is 0 Å². The van der Waals surface area contributed by atoms with Crippen LogP contribution in [0.3, 0.4) is 0 Å². The molecule has 2 N–H and O–H groups in total. The Kier molecular flexibility index (Phi) is 3.87. The Bertz CT molecular complexity index is 946. The van der Waals surface area contributed by atoms with E-state index in [0.29, 0.717) is 38.0 Å². The number of aryl methyl sites for hydroxylation is 1. The number of H-pyrrole nitrogens is 1. The van der Waals surface area contributed by atoms with Crippen LogP contribution in [0.1, 0.15) is 30.7 Å². The highest BCUT2D eigenvalue weighted by molar-refractivity contribution is 5.84. The van der Waals surface area contributed by atoms with Gasteiger partial charge in [0.25, 0.3) is 5.56 Å². The molecular formula is C19H25N5O3. The Morgan fingerprint density at radius 2 is 2.30 bits per heavy atom. The second-order valence-electron chi connectivity index (χ2n) is 8.36. The minimum absolute atomic E-state index is 0.108. The zero-order valence-corrected chi connectivity index (χ0v) is 15.5. The van der Waals surface area contributed by atoms with E-state index in [9.17, 15) is 9.59 Å². The van der Waals surface area contributed by atoms with E-state index in [1.807, 2.05) is 13.0 Å². The fourth-order valence-electron chi connectivity index (χ4n) is 4.63. The van der Waals surface area contributed by atoms with Crippen LogP contribution in [0, 0.1) is 18.3 Å². The molecule has 4 heterocycles. The van der Waals surface area contributed by atoms with Gasteiger partial charge in [-0.1, -0.05) is 0 Å². The van der Waals surface area contributed by atoms with Gasteiger partial charge in [-0.15, -0.1) is 0 Å². The van der Waals surface area contributed by atoms with Crippen molar-refractivity contribution in [3.8, 4) is 0 Å². The smallest absolute Gasteiger partial charge is 0.272 e. The molecule has 0 aromatic carbocycles. The van der Waals surface area contributed by atoms with E-state index in [1.165, 1.54) is 10.9 Å². The first kappa shape index (κ1) is 16.9. The van der Waals surface area contributed by atoms with Crippen LogP contribution < -0.4 is 10.9 Å². The van der Waals surface area contributed by atoms with Gasteiger partial charge in [-0.05, 0) is 26.2 Å². The van der Waals surface area contributed by atoms with Crippen LogP contribution in [0.25, 0.3) is 5.65 Å². The maximum Gasteiger partial charge on any atom is 0.272 e. The second kappa shape index (κ2) is 6.17. The first-order chi connectivity index (χ1) is 13.0. The number of fused-ring (bicyclic) bond motifs is 2. The number of rotatable bonds is 4. The maximum atomic E-state index is 13.0. The van der Waals surface area contributed by atoms with Crippen LogP contribution in [0.5, 0.6) is 0 Å². The molecule has 0 spiro atoms. The number of carbonyl (C=O) groups is 1. The van der Waals surface area contributed by atoms with Crippen molar-refractivity contribution in [2.24, 2.45) is 11.3 Å². The standard InChI is InChI=1S/C19H25N5O3/c1-12-5-16-20-15(6-17(25)24(16)22-12)8-23-7-13-9-27-11-19(13,10-23)18(26)21-14-3-2-4-14/h5-6,13-14,22H,2-4,7-11H2,1H3,(H,21,26)/t13-,19-/m1/s1. The van der Waals surface area contributed by atoms with Crippen molar-refractivity contribution < 1.29 is 9.53 Å². The quantitative estimate of drug-likeness (QED) is 0.814. The predicted molar refractivity (Wildman–Crippen MR) is 98.4 cm³/mol. The highest BCUT2D eigenvalue weighted by Gasteiger charge is 2.56. The predicted octanol–water partition coefficient (Wildman–Crippen LogP) is 0.448. The second-order valence-corrected chi connectivity index (χ2v) is 8.36. The summed E-state index contributed by atoms with van der Waals surface area (Å²) in [5.41, 5.74) is 1.71. The van der Waals surface area contributed by atoms with Gasteiger partial charge in [0.2, 0.25) is 5.91 Å². The zero-order valence-electron chi connectivity index (χ0n) is 15.5. The summed E-state index contributed by atoms with van der Waals surface area (Å²) in [5, 5.41) is 6.21. The van der Waals surface area contributed by atoms with E-state index in [0.717, 1.165) is 30.8 Å². The lowest BCUT2D eigenvalue weighted by Gasteiger charge is -2.32. The van der Waals surface area contributed by atoms with Gasteiger partial charge >= 0.3 is 0 Å². The lowest BCUT2D eigenvalue weighted by atomic mass is 9.79. The number of likely N-dealkylation sites (tertiary alicyclic amines) is 1. The summed E-state index contributed by atoms with van der Waals surface area (Å²) in [6.07, 6.45) is 3.37. The van der Waals surface area contributed by atoms with Crippen LogP contribution in [-0.2, 0) is 16.1 Å². The molecule has 2 aromatic rings. The number of aromatic nitrogens is 3. The fourth-order valence-corrected chi connectivity index (χ4v) is 4.63. The molecule has 0 unspecified atom stereocenters. The number of aromatic amines is 1. The molecule has 2 atom stereocenters. The lowest BCUT2D eigenvalue weighted by Crippen LogP contribution is -2.51. The van der Waals surface area contributed by atoms with Crippen molar-refractivity contribution in [3.63, 3.8) is 0 Å². The minimum atomic E-state index is -0.459. The van der Waals surface area contributed by atoms with Gasteiger partial charge in [0.1, 0.15) is 0 Å². The molecule has 144 valence electrons. The summed E-state index contributed by atoms with van der Waals surface area (Å²) in [6, 6.07) is 3.78. The normalized spacial score (nSPS) is 28.4. The van der Waals surface area contributed by atoms with Crippen molar-refractivity contribution >= 4 is 11.6 Å². The zero-order chi connectivity index (χ0) is 18.6. The molecule has 3 fully saturated rings. The number of nitrogens with zero attached hydrogens (tertiary/aromatic N) is 3. The molecule has 0 bridgehead atoms. The average Bonchev–Trinajstić information content (AvgIpc) is 3.22. The topological polar surface area (TPSA) is 91.7 Å². The molecule has 5 rings (SSSR count). The van der Waals surface area contributed by atoms with E-state index in [-0.39, 0.29) is 17.4 Å². The number of carbonyl (C=O) groups excluding carboxylic acids is 1. The Balaban J connectivity index is 1.35. The summed E-state index contributed by atoms with van der Waals surface area (Å²) in [4.78, 5) is 32.1. The SMILES string of the molecule is Cc1cc2nc(CN3C[C@@H]4COC[C@]4(C(=O)NC4CCC4)C3)cc(=O)n2[nH]1. The van der Waals surface area contributed by atoms with E-state index < -0.39 is 5.41 Å².